The lowest BCUT2D eigenvalue weighted by Gasteiger charge is -2.30. The van der Waals surface area contributed by atoms with Crippen LogP contribution < -0.4 is 5.56 Å². The quantitative estimate of drug-likeness (QED) is 0.528. The maximum Gasteiger partial charge on any atom is 0.339 e. The number of hydrogen-bond acceptors (Lipinski definition) is 8. The van der Waals surface area contributed by atoms with Crippen molar-refractivity contribution in [3.05, 3.63) is 63.9 Å². The molecule has 2 aromatic heterocycles. The molecule has 1 aliphatic rings. The van der Waals surface area contributed by atoms with E-state index in [4.69, 9.17) is 9.26 Å². The van der Waals surface area contributed by atoms with Gasteiger partial charge in [-0.25, -0.2) is 13.2 Å². The minimum absolute atomic E-state index is 0.00127. The van der Waals surface area contributed by atoms with Crippen LogP contribution in [0.25, 0.3) is 11.4 Å². The zero-order chi connectivity index (χ0) is 25.4. The van der Waals surface area contributed by atoms with Crippen LogP contribution in [0.5, 0.6) is 0 Å². The van der Waals surface area contributed by atoms with Gasteiger partial charge in [-0.1, -0.05) is 38.1 Å². The predicted octanol–water partition coefficient (Wildman–Crippen LogP) is 3.08. The molecule has 0 radical (unpaired) electrons. The second kappa shape index (κ2) is 9.38. The normalized spacial score (nSPS) is 15.8. The molecule has 0 amide bonds. The van der Waals surface area contributed by atoms with Gasteiger partial charge in [0.15, 0.2) is 0 Å². The van der Waals surface area contributed by atoms with Gasteiger partial charge < -0.3 is 14.2 Å². The Morgan fingerprint density at radius 2 is 1.83 bits per heavy atom. The van der Waals surface area contributed by atoms with Crippen LogP contribution in [0.3, 0.4) is 0 Å². The maximum absolute atomic E-state index is 13.2. The van der Waals surface area contributed by atoms with E-state index in [0.717, 1.165) is 5.69 Å². The molecule has 1 fully saturated rings. The number of esters is 1. The van der Waals surface area contributed by atoms with E-state index in [1.165, 1.54) is 23.5 Å². The fourth-order valence-electron chi connectivity index (χ4n) is 4.05. The highest BCUT2D eigenvalue weighted by Crippen LogP contribution is 2.31. The molecule has 0 aliphatic carbocycles. The van der Waals surface area contributed by atoms with Gasteiger partial charge in [-0.2, -0.15) is 9.29 Å². The summed E-state index contributed by atoms with van der Waals surface area (Å²) in [6.45, 7) is 6.46. The number of H-pyrrole nitrogens is 1. The van der Waals surface area contributed by atoms with Gasteiger partial charge in [-0.3, -0.25) is 4.79 Å². The van der Waals surface area contributed by atoms with Crippen molar-refractivity contribution >= 4 is 16.0 Å². The van der Waals surface area contributed by atoms with Crippen molar-refractivity contribution in [3.63, 3.8) is 0 Å². The summed E-state index contributed by atoms with van der Waals surface area (Å²) >= 11 is 0. The van der Waals surface area contributed by atoms with Crippen molar-refractivity contribution in [2.24, 2.45) is 0 Å². The molecule has 186 valence electrons. The van der Waals surface area contributed by atoms with Crippen LogP contribution in [-0.2, 0) is 20.2 Å². The minimum Gasteiger partial charge on any atom is -0.465 e. The third kappa shape index (κ3) is 4.92. The number of benzene rings is 1. The molecule has 10 nitrogen and oxygen atoms in total. The number of nitrogens with one attached hydrogen (secondary N) is 1. The summed E-state index contributed by atoms with van der Waals surface area (Å²) in [6, 6.07) is 9.51. The smallest absolute Gasteiger partial charge is 0.339 e. The van der Waals surface area contributed by atoms with Crippen LogP contribution in [0.4, 0.5) is 0 Å². The van der Waals surface area contributed by atoms with Crippen LogP contribution in [-0.4, -0.2) is 54.0 Å². The van der Waals surface area contributed by atoms with Gasteiger partial charge in [0.1, 0.15) is 0 Å². The molecule has 1 aliphatic heterocycles. The average molecular weight is 501 g/mol. The fourth-order valence-corrected chi connectivity index (χ4v) is 5.70. The van der Waals surface area contributed by atoms with Crippen LogP contribution in [0.15, 0.2) is 50.6 Å². The molecule has 1 aromatic carbocycles. The SMILES string of the molecule is COC(=O)c1ccccc1S(=O)(=O)N1CCC(c2nc(-c3ccc(C(C)(C)C)[nH]c3=O)no2)CC1. The third-order valence-corrected chi connectivity index (χ3v) is 8.07. The first-order valence-electron chi connectivity index (χ1n) is 11.3. The molecular weight excluding hydrogens is 472 g/mol. The summed E-state index contributed by atoms with van der Waals surface area (Å²) in [5, 5.41) is 3.98. The average Bonchev–Trinajstić information content (AvgIpc) is 3.33. The Morgan fingerprint density at radius 1 is 1.14 bits per heavy atom. The number of methoxy groups -OCH3 is 1. The molecule has 0 saturated carbocycles. The number of piperidine rings is 1. The lowest BCUT2D eigenvalue weighted by molar-refractivity contribution is 0.0596. The molecule has 4 rings (SSSR count). The number of sulfonamides is 1. The molecule has 0 spiro atoms. The van der Waals surface area contributed by atoms with Crippen molar-refractivity contribution < 1.29 is 22.5 Å². The number of aromatic nitrogens is 3. The topological polar surface area (TPSA) is 135 Å². The second-order valence-electron chi connectivity index (χ2n) is 9.49. The summed E-state index contributed by atoms with van der Waals surface area (Å²) < 4.78 is 38.0. The molecule has 0 atom stereocenters. The summed E-state index contributed by atoms with van der Waals surface area (Å²) in [4.78, 5) is 31.8. The van der Waals surface area contributed by atoms with E-state index < -0.39 is 16.0 Å². The Bertz CT molecular complexity index is 1400. The summed E-state index contributed by atoms with van der Waals surface area (Å²) in [5.41, 5.74) is 0.618. The van der Waals surface area contributed by atoms with E-state index in [1.54, 1.807) is 18.2 Å². The van der Waals surface area contributed by atoms with E-state index in [1.807, 2.05) is 26.8 Å². The number of carbonyl (C=O) groups is 1. The summed E-state index contributed by atoms with van der Waals surface area (Å²) in [6.07, 6.45) is 0.918. The molecule has 11 heteroatoms. The number of rotatable bonds is 5. The largest absolute Gasteiger partial charge is 0.465 e. The molecule has 0 unspecified atom stereocenters. The third-order valence-electron chi connectivity index (χ3n) is 6.11. The zero-order valence-electron chi connectivity index (χ0n) is 20.1. The lowest BCUT2D eigenvalue weighted by Crippen LogP contribution is -2.38. The van der Waals surface area contributed by atoms with Crippen molar-refractivity contribution in [1.29, 1.82) is 0 Å². The molecule has 3 heterocycles. The summed E-state index contributed by atoms with van der Waals surface area (Å²) in [7, 11) is -2.68. The fraction of sp³-hybridized carbons (Fsp3) is 0.417. The highest BCUT2D eigenvalue weighted by molar-refractivity contribution is 7.89. The molecular formula is C24H28N4O6S. The van der Waals surface area contributed by atoms with Crippen LogP contribution in [0.1, 0.15) is 61.5 Å². The number of ether oxygens (including phenoxy) is 1. The van der Waals surface area contributed by atoms with Crippen molar-refractivity contribution in [3.8, 4) is 11.4 Å². The molecule has 0 bridgehead atoms. The first-order chi connectivity index (χ1) is 16.5. The predicted molar refractivity (Wildman–Crippen MR) is 128 cm³/mol. The number of nitrogens with zero attached hydrogens (tertiary/aromatic N) is 3. The van der Waals surface area contributed by atoms with Crippen LogP contribution in [0.2, 0.25) is 0 Å². The molecule has 1 N–H and O–H groups in total. The van der Waals surface area contributed by atoms with E-state index >= 15 is 0 Å². The Hall–Kier alpha value is -3.31. The van der Waals surface area contributed by atoms with Gasteiger partial charge >= 0.3 is 5.97 Å². The van der Waals surface area contributed by atoms with Gasteiger partial charge in [0.05, 0.1) is 23.1 Å². The zero-order valence-corrected chi connectivity index (χ0v) is 20.9. The van der Waals surface area contributed by atoms with Gasteiger partial charge in [-0.15, -0.1) is 0 Å². The molecule has 35 heavy (non-hydrogen) atoms. The second-order valence-corrected chi connectivity index (χ2v) is 11.4. The highest BCUT2D eigenvalue weighted by atomic mass is 32.2. The number of aromatic amines is 1. The minimum atomic E-state index is -3.89. The van der Waals surface area contributed by atoms with Gasteiger partial charge in [0.2, 0.25) is 21.7 Å². The van der Waals surface area contributed by atoms with Crippen LogP contribution >= 0.6 is 0 Å². The van der Waals surface area contributed by atoms with Gasteiger partial charge in [0, 0.05) is 30.1 Å². The number of hydrogen-bond donors (Lipinski definition) is 1. The molecule has 1 saturated heterocycles. The van der Waals surface area contributed by atoms with Crippen molar-refractivity contribution in [2.75, 3.05) is 20.2 Å². The first kappa shape index (κ1) is 24.8. The summed E-state index contributed by atoms with van der Waals surface area (Å²) in [5.74, 6) is -0.287. The van der Waals surface area contributed by atoms with E-state index in [-0.39, 0.29) is 46.3 Å². The number of pyridine rings is 1. The Morgan fingerprint density at radius 3 is 2.46 bits per heavy atom. The Labute approximate surface area is 203 Å². The van der Waals surface area contributed by atoms with E-state index in [9.17, 15) is 18.0 Å². The highest BCUT2D eigenvalue weighted by Gasteiger charge is 2.34. The maximum atomic E-state index is 13.2. The van der Waals surface area contributed by atoms with Crippen LogP contribution in [0, 0.1) is 0 Å². The number of carbonyl (C=O) groups excluding carboxylic acids is 1. The van der Waals surface area contributed by atoms with E-state index in [2.05, 4.69) is 15.1 Å². The van der Waals surface area contributed by atoms with Crippen molar-refractivity contribution in [2.45, 2.75) is 49.8 Å². The van der Waals surface area contributed by atoms with Crippen molar-refractivity contribution in [1.82, 2.24) is 19.4 Å². The van der Waals surface area contributed by atoms with Gasteiger partial charge in [0.25, 0.3) is 5.56 Å². The Balaban J connectivity index is 1.49. The standard InChI is InChI=1S/C24H28N4O6S/c1-24(2,3)19-10-9-17(21(29)25-19)20-26-22(34-27-20)15-11-13-28(14-12-15)35(31,32)18-8-6-5-7-16(18)23(30)33-4/h5-10,15H,11-14H2,1-4H3,(H,25,29). The Kier molecular flexibility index (Phi) is 6.65. The van der Waals surface area contributed by atoms with E-state index in [0.29, 0.717) is 24.3 Å². The monoisotopic (exact) mass is 500 g/mol. The first-order valence-corrected chi connectivity index (χ1v) is 12.7. The lowest BCUT2D eigenvalue weighted by atomic mass is 9.91. The van der Waals surface area contributed by atoms with Gasteiger partial charge in [-0.05, 0) is 37.1 Å². The molecule has 3 aromatic rings.